The van der Waals surface area contributed by atoms with Crippen molar-refractivity contribution < 1.29 is 8.86 Å². The van der Waals surface area contributed by atoms with Gasteiger partial charge in [-0.05, 0) is 70.8 Å². The van der Waals surface area contributed by atoms with Crippen molar-refractivity contribution in [1.82, 2.24) is 9.12 Å². The van der Waals surface area contributed by atoms with Gasteiger partial charge in [0.2, 0.25) is 0 Å². The molecule has 1 radical (unpaired) electrons. The van der Waals surface area contributed by atoms with Gasteiger partial charge in [0.25, 0.3) is 0 Å². The first-order valence-electron chi connectivity index (χ1n) is 8.68. The Balaban J connectivity index is 2.25. The minimum Gasteiger partial charge on any atom is -0.427 e. The van der Waals surface area contributed by atoms with Crippen molar-refractivity contribution in [3.8, 4) is 0 Å². The maximum absolute atomic E-state index is 13.1. The molecule has 139 valence electrons. The van der Waals surface area contributed by atoms with Gasteiger partial charge in [-0.1, -0.05) is 23.7 Å². The molecule has 1 aliphatic rings. The summed E-state index contributed by atoms with van der Waals surface area (Å²) in [6, 6.07) is 8.01. The van der Waals surface area contributed by atoms with E-state index in [0.717, 1.165) is 37.4 Å². The first-order valence-corrected chi connectivity index (χ1v) is 10.2. The molecule has 0 aromatic heterocycles. The number of halogens is 1. The van der Waals surface area contributed by atoms with Crippen molar-refractivity contribution in [1.29, 1.82) is 0 Å². The van der Waals surface area contributed by atoms with E-state index in [4.69, 9.17) is 16.3 Å². The molecule has 1 aromatic carbocycles. The number of likely N-dealkylation sites (N-methyl/N-ethyl adjacent to an activating group) is 1. The van der Waals surface area contributed by atoms with Gasteiger partial charge < -0.3 is 9.47 Å². The molecule has 2 rings (SSSR count). The Morgan fingerprint density at radius 3 is 2.32 bits per heavy atom. The summed E-state index contributed by atoms with van der Waals surface area (Å²) < 4.78 is 20.1. The third-order valence-electron chi connectivity index (χ3n) is 4.87. The Morgan fingerprint density at radius 2 is 1.84 bits per heavy atom. The second kappa shape index (κ2) is 8.53. The Hall–Kier alpha value is -0.395. The van der Waals surface area contributed by atoms with Crippen LogP contribution >= 0.6 is 11.6 Å². The van der Waals surface area contributed by atoms with Crippen molar-refractivity contribution >= 4 is 30.2 Å². The number of nitrogens with zero attached hydrogens (tertiary/aromatic N) is 2. The van der Waals surface area contributed by atoms with Crippen LogP contribution in [0.2, 0.25) is 5.02 Å². The molecular weight excluding hydrogens is 355 g/mol. The summed E-state index contributed by atoms with van der Waals surface area (Å²) in [5.74, 6) is 0. The summed E-state index contributed by atoms with van der Waals surface area (Å²) >= 11 is 6.03. The highest BCUT2D eigenvalue weighted by Gasteiger charge is 2.43. The second-order valence-corrected chi connectivity index (χ2v) is 10.5. The van der Waals surface area contributed by atoms with E-state index >= 15 is 0 Å². The van der Waals surface area contributed by atoms with Crippen molar-refractivity contribution in [2.24, 2.45) is 0 Å². The topological polar surface area (TPSA) is 32.8 Å². The molecule has 1 atom stereocenters. The lowest BCUT2D eigenvalue weighted by Gasteiger charge is -2.48. The van der Waals surface area contributed by atoms with Crippen molar-refractivity contribution in [3.63, 3.8) is 0 Å². The molecule has 1 unspecified atom stereocenters. The smallest absolute Gasteiger partial charge is 0.398 e. The van der Waals surface area contributed by atoms with Gasteiger partial charge in [0, 0.05) is 24.7 Å². The van der Waals surface area contributed by atoms with E-state index in [9.17, 15) is 4.21 Å². The number of hydrogen-bond donors (Lipinski definition) is 0. The van der Waals surface area contributed by atoms with Crippen LogP contribution in [0.25, 0.3) is 0 Å². The molecule has 1 aromatic rings. The predicted molar refractivity (Wildman–Crippen MR) is 107 cm³/mol. The predicted octanol–water partition coefficient (Wildman–Crippen LogP) is 3.29. The number of piperidine rings is 1. The van der Waals surface area contributed by atoms with Gasteiger partial charge in [-0.3, -0.25) is 0 Å². The molecule has 4 nitrogen and oxygen atoms in total. The van der Waals surface area contributed by atoms with Gasteiger partial charge in [0.05, 0.1) is 15.7 Å². The van der Waals surface area contributed by atoms with Crippen molar-refractivity contribution in [3.05, 3.63) is 34.9 Å². The zero-order valence-electron chi connectivity index (χ0n) is 15.9. The second-order valence-electron chi connectivity index (χ2n) is 7.76. The van der Waals surface area contributed by atoms with Crippen LogP contribution in [0.15, 0.2) is 24.3 Å². The molecule has 1 fully saturated rings. The fourth-order valence-corrected chi connectivity index (χ4v) is 4.91. The maximum atomic E-state index is 13.1. The molecule has 1 aliphatic heterocycles. The summed E-state index contributed by atoms with van der Waals surface area (Å²) in [6.45, 7) is 7.89. The van der Waals surface area contributed by atoms with Gasteiger partial charge in [-0.25, -0.2) is 8.51 Å². The number of benzene rings is 1. The normalized spacial score (nSPS) is 19.8. The van der Waals surface area contributed by atoms with E-state index in [1.807, 2.05) is 40.0 Å². The minimum atomic E-state index is -1.06. The Labute approximate surface area is 160 Å². The highest BCUT2D eigenvalue weighted by molar-refractivity contribution is 7.84. The van der Waals surface area contributed by atoms with Gasteiger partial charge in [-0.15, -0.1) is 0 Å². The molecule has 0 spiro atoms. The SMILES string of the molecule is CO[B]N1CCC(Cc2ccc(Cl)cc2)(N(C)S(=O)C(C)(C)C)CC1. The van der Waals surface area contributed by atoms with E-state index < -0.39 is 11.0 Å². The largest absolute Gasteiger partial charge is 0.427 e. The van der Waals surface area contributed by atoms with Crippen LogP contribution in [-0.2, 0) is 22.1 Å². The standard InChI is InChI=1S/C18H29BClN2O2S/c1-17(2,3)25(23)21(4)18(10-12-22(13-11-18)19-24-5)14-15-6-8-16(20)9-7-15/h6-9H,10-14H2,1-5H3. The molecule has 0 saturated carbocycles. The van der Waals surface area contributed by atoms with Gasteiger partial charge >= 0.3 is 7.62 Å². The van der Waals surface area contributed by atoms with Gasteiger partial charge in [-0.2, -0.15) is 0 Å². The lowest BCUT2D eigenvalue weighted by molar-refractivity contribution is 0.123. The van der Waals surface area contributed by atoms with E-state index in [0.29, 0.717) is 0 Å². The molecule has 1 heterocycles. The molecule has 1 saturated heterocycles. The molecule has 0 aliphatic carbocycles. The van der Waals surface area contributed by atoms with Crippen LogP contribution in [0.5, 0.6) is 0 Å². The molecule has 0 amide bonds. The van der Waals surface area contributed by atoms with Crippen LogP contribution < -0.4 is 0 Å². The molecule has 25 heavy (non-hydrogen) atoms. The zero-order chi connectivity index (χ0) is 18.7. The summed E-state index contributed by atoms with van der Waals surface area (Å²) in [6.07, 6.45) is 2.74. The van der Waals surface area contributed by atoms with E-state index in [1.54, 1.807) is 14.7 Å². The van der Waals surface area contributed by atoms with Crippen LogP contribution in [0.1, 0.15) is 39.2 Å². The van der Waals surface area contributed by atoms with Crippen LogP contribution in [0.4, 0.5) is 0 Å². The summed E-state index contributed by atoms with van der Waals surface area (Å²) in [4.78, 5) is 2.19. The first kappa shape index (κ1) is 20.9. The van der Waals surface area contributed by atoms with Gasteiger partial charge in [0.1, 0.15) is 0 Å². The molecule has 0 N–H and O–H groups in total. The average molecular weight is 384 g/mol. The molecule has 7 heteroatoms. The third kappa shape index (κ3) is 5.30. The van der Waals surface area contributed by atoms with E-state index in [-0.39, 0.29) is 10.3 Å². The first-order chi connectivity index (χ1) is 11.7. The highest BCUT2D eigenvalue weighted by Crippen LogP contribution is 2.35. The third-order valence-corrected chi connectivity index (χ3v) is 7.05. The summed E-state index contributed by atoms with van der Waals surface area (Å²) in [7, 11) is 4.40. The average Bonchev–Trinajstić information content (AvgIpc) is 2.57. The van der Waals surface area contributed by atoms with Crippen molar-refractivity contribution in [2.45, 2.75) is 50.3 Å². The van der Waals surface area contributed by atoms with Crippen LogP contribution in [-0.4, -0.2) is 58.5 Å². The maximum Gasteiger partial charge on any atom is 0.398 e. The quantitative estimate of drug-likeness (QED) is 0.707. The zero-order valence-corrected chi connectivity index (χ0v) is 17.5. The fourth-order valence-electron chi connectivity index (χ4n) is 3.37. The monoisotopic (exact) mass is 383 g/mol. The van der Waals surface area contributed by atoms with E-state index in [2.05, 4.69) is 21.2 Å². The number of rotatable bonds is 6. The van der Waals surface area contributed by atoms with E-state index in [1.165, 1.54) is 5.56 Å². The van der Waals surface area contributed by atoms with Crippen LogP contribution in [0, 0.1) is 0 Å². The molecular formula is C18H29BClN2O2S. The van der Waals surface area contributed by atoms with Crippen molar-refractivity contribution in [2.75, 3.05) is 27.2 Å². The number of hydrogen-bond acceptors (Lipinski definition) is 3. The minimum absolute atomic E-state index is 0.135. The lowest BCUT2D eigenvalue weighted by atomic mass is 9.80. The molecule has 0 bridgehead atoms. The summed E-state index contributed by atoms with van der Waals surface area (Å²) in [5.41, 5.74) is 1.09. The van der Waals surface area contributed by atoms with Crippen LogP contribution in [0.3, 0.4) is 0 Å². The Kier molecular flexibility index (Phi) is 7.13. The lowest BCUT2D eigenvalue weighted by Crippen LogP contribution is -2.58. The Morgan fingerprint density at radius 1 is 1.28 bits per heavy atom. The summed E-state index contributed by atoms with van der Waals surface area (Å²) in [5, 5.41) is 0.744. The highest BCUT2D eigenvalue weighted by atomic mass is 35.5. The Bertz CT molecular complexity index is 584. The van der Waals surface area contributed by atoms with Gasteiger partial charge in [0.15, 0.2) is 0 Å². The fraction of sp³-hybridized carbons (Fsp3) is 0.667.